The number of alkyl halides is 6. The summed E-state index contributed by atoms with van der Waals surface area (Å²) in [4.78, 5) is 21.6. The van der Waals surface area contributed by atoms with Gasteiger partial charge >= 0.3 is 18.4 Å². The molecule has 11 nitrogen and oxygen atoms in total. The summed E-state index contributed by atoms with van der Waals surface area (Å²) < 4.78 is 78.0. The largest absolute Gasteiger partial charge is 0.453 e. The Labute approximate surface area is 200 Å². The fourth-order valence-electron chi connectivity index (χ4n) is 6.01. The highest BCUT2D eigenvalue weighted by atomic mass is 19.4. The predicted molar refractivity (Wildman–Crippen MR) is 106 cm³/mol. The smallest absolute Gasteiger partial charge is 0.323 e. The van der Waals surface area contributed by atoms with Crippen LogP contribution >= 0.6 is 0 Å². The summed E-state index contributed by atoms with van der Waals surface area (Å²) >= 11 is 0. The standard InChI is InChI=1S/C19H22F6N10O/c20-18(21,22)10-34-13(27-29-30-34)3-31-4-17(5-31)8-33(9-17)15(36)32-6-16(7-32)1-12(2-16)35-11-26-14(28-35)19(23,24)25/h11-12H,1-10H2. The maximum Gasteiger partial charge on any atom is 0.453 e. The molecule has 4 aliphatic rings. The minimum absolute atomic E-state index is 0.0502. The first-order valence-electron chi connectivity index (χ1n) is 11.4. The second kappa shape index (κ2) is 7.52. The van der Waals surface area contributed by atoms with Crippen molar-refractivity contribution in [2.24, 2.45) is 10.8 Å². The van der Waals surface area contributed by atoms with E-state index in [1.807, 2.05) is 4.90 Å². The van der Waals surface area contributed by atoms with E-state index in [0.29, 0.717) is 52.1 Å². The van der Waals surface area contributed by atoms with E-state index >= 15 is 0 Å². The number of tetrazole rings is 1. The molecule has 5 heterocycles. The second-order valence-electron chi connectivity index (χ2n) is 10.6. The molecule has 0 aromatic carbocycles. The highest BCUT2D eigenvalue weighted by Crippen LogP contribution is 2.54. The number of carbonyl (C=O) groups is 1. The number of carbonyl (C=O) groups excluding carboxylic acids is 1. The van der Waals surface area contributed by atoms with E-state index in [9.17, 15) is 31.1 Å². The van der Waals surface area contributed by atoms with E-state index < -0.39 is 24.7 Å². The topological polar surface area (TPSA) is 101 Å². The predicted octanol–water partition coefficient (Wildman–Crippen LogP) is 1.42. The lowest BCUT2D eigenvalue weighted by Crippen LogP contribution is -2.75. The van der Waals surface area contributed by atoms with Crippen LogP contribution in [-0.4, -0.2) is 101 Å². The van der Waals surface area contributed by atoms with Gasteiger partial charge in [0.25, 0.3) is 5.82 Å². The van der Waals surface area contributed by atoms with Gasteiger partial charge in [-0.3, -0.25) is 4.90 Å². The normalized spacial score (nSPS) is 23.4. The molecule has 3 saturated heterocycles. The summed E-state index contributed by atoms with van der Waals surface area (Å²) in [5.74, 6) is -0.991. The molecule has 196 valence electrons. The Morgan fingerprint density at radius 3 is 2.19 bits per heavy atom. The van der Waals surface area contributed by atoms with Gasteiger partial charge in [-0.05, 0) is 23.3 Å². The lowest BCUT2D eigenvalue weighted by Gasteiger charge is -2.63. The molecule has 3 aliphatic heterocycles. The third kappa shape index (κ3) is 4.06. The third-order valence-electron chi connectivity index (χ3n) is 7.54. The molecular formula is C19H22F6N10O. The Morgan fingerprint density at radius 2 is 1.61 bits per heavy atom. The molecule has 2 spiro atoms. The van der Waals surface area contributed by atoms with Crippen LogP contribution in [0.5, 0.6) is 0 Å². The summed E-state index contributed by atoms with van der Waals surface area (Å²) in [6.45, 7) is 2.59. The average molecular weight is 520 g/mol. The summed E-state index contributed by atoms with van der Waals surface area (Å²) in [7, 11) is 0. The van der Waals surface area contributed by atoms with Gasteiger partial charge in [0.05, 0.1) is 12.6 Å². The molecule has 1 saturated carbocycles. The van der Waals surface area contributed by atoms with Gasteiger partial charge in [0.15, 0.2) is 5.82 Å². The fourth-order valence-corrected chi connectivity index (χ4v) is 6.01. The number of hydrogen-bond donors (Lipinski definition) is 0. The van der Waals surface area contributed by atoms with Crippen molar-refractivity contribution in [2.45, 2.75) is 44.3 Å². The van der Waals surface area contributed by atoms with Crippen molar-refractivity contribution in [3.8, 4) is 0 Å². The van der Waals surface area contributed by atoms with Crippen molar-refractivity contribution < 1.29 is 31.1 Å². The van der Waals surface area contributed by atoms with Crippen molar-refractivity contribution in [1.82, 2.24) is 49.7 Å². The molecule has 1 aliphatic carbocycles. The molecule has 0 radical (unpaired) electrons. The zero-order chi connectivity index (χ0) is 25.5. The Morgan fingerprint density at radius 1 is 0.972 bits per heavy atom. The molecule has 0 atom stereocenters. The SMILES string of the molecule is O=C(N1CC2(CC(n3cnc(C(F)(F)F)n3)C2)C1)N1CC2(CN(Cc3nnnn3CC(F)(F)F)C2)C1. The maximum atomic E-state index is 12.8. The summed E-state index contributed by atoms with van der Waals surface area (Å²) in [5, 5.41) is 14.0. The van der Waals surface area contributed by atoms with Gasteiger partial charge in [-0.15, -0.1) is 10.2 Å². The summed E-state index contributed by atoms with van der Waals surface area (Å²) in [5.41, 5.74) is -0.119. The Hall–Kier alpha value is -2.98. The lowest BCUT2D eigenvalue weighted by atomic mass is 9.60. The van der Waals surface area contributed by atoms with Crippen LogP contribution < -0.4 is 0 Å². The molecule has 2 aromatic heterocycles. The summed E-state index contributed by atoms with van der Waals surface area (Å²) in [6, 6.07) is -0.196. The first-order chi connectivity index (χ1) is 16.8. The van der Waals surface area contributed by atoms with Crippen LogP contribution in [0.1, 0.15) is 30.5 Å². The minimum Gasteiger partial charge on any atom is -0.323 e. The fraction of sp³-hybridized carbons (Fsp3) is 0.789. The van der Waals surface area contributed by atoms with E-state index in [-0.39, 0.29) is 35.3 Å². The zero-order valence-corrected chi connectivity index (χ0v) is 18.9. The quantitative estimate of drug-likeness (QED) is 0.562. The van der Waals surface area contributed by atoms with E-state index in [1.54, 1.807) is 9.80 Å². The molecule has 17 heteroatoms. The average Bonchev–Trinajstić information content (AvgIpc) is 3.28. The first kappa shape index (κ1) is 23.4. The third-order valence-corrected chi connectivity index (χ3v) is 7.54. The number of urea groups is 1. The van der Waals surface area contributed by atoms with Crippen LogP contribution in [-0.2, 0) is 19.3 Å². The Balaban J connectivity index is 0.928. The minimum atomic E-state index is -4.57. The number of nitrogens with zero attached hydrogens (tertiary/aromatic N) is 10. The number of hydrogen-bond acceptors (Lipinski definition) is 7. The molecule has 0 unspecified atom stereocenters. The number of rotatable bonds is 4. The number of halogens is 6. The van der Waals surface area contributed by atoms with Crippen molar-refractivity contribution >= 4 is 6.03 Å². The molecule has 36 heavy (non-hydrogen) atoms. The summed E-state index contributed by atoms with van der Waals surface area (Å²) in [6.07, 6.45) is -6.55. The zero-order valence-electron chi connectivity index (χ0n) is 18.9. The van der Waals surface area contributed by atoms with Crippen LogP contribution in [0.15, 0.2) is 6.33 Å². The molecule has 0 bridgehead atoms. The van der Waals surface area contributed by atoms with E-state index in [1.165, 1.54) is 4.68 Å². The van der Waals surface area contributed by atoms with Crippen molar-refractivity contribution in [3.63, 3.8) is 0 Å². The van der Waals surface area contributed by atoms with Crippen LogP contribution in [0.25, 0.3) is 0 Å². The van der Waals surface area contributed by atoms with Gasteiger partial charge in [-0.2, -0.15) is 26.3 Å². The van der Waals surface area contributed by atoms with Gasteiger partial charge in [0.2, 0.25) is 0 Å². The van der Waals surface area contributed by atoms with E-state index in [4.69, 9.17) is 0 Å². The van der Waals surface area contributed by atoms with Crippen LogP contribution in [0.4, 0.5) is 31.1 Å². The van der Waals surface area contributed by atoms with Crippen molar-refractivity contribution in [2.75, 3.05) is 39.3 Å². The molecule has 6 rings (SSSR count). The molecule has 2 aromatic rings. The lowest BCUT2D eigenvalue weighted by molar-refractivity contribution is -0.146. The van der Waals surface area contributed by atoms with Gasteiger partial charge in [-0.1, -0.05) is 0 Å². The van der Waals surface area contributed by atoms with Crippen LogP contribution in [0, 0.1) is 10.8 Å². The first-order valence-corrected chi connectivity index (χ1v) is 11.4. The van der Waals surface area contributed by atoms with Crippen molar-refractivity contribution in [1.29, 1.82) is 0 Å². The molecule has 4 fully saturated rings. The number of amides is 2. The van der Waals surface area contributed by atoms with E-state index in [2.05, 4.69) is 25.6 Å². The number of likely N-dealkylation sites (tertiary alicyclic amines) is 3. The maximum absolute atomic E-state index is 12.8. The highest BCUT2D eigenvalue weighted by Gasteiger charge is 2.58. The highest BCUT2D eigenvalue weighted by molar-refractivity contribution is 5.77. The Bertz CT molecular complexity index is 1150. The monoisotopic (exact) mass is 520 g/mol. The van der Waals surface area contributed by atoms with Gasteiger partial charge in [-0.25, -0.2) is 19.1 Å². The Kier molecular flexibility index (Phi) is 4.89. The van der Waals surface area contributed by atoms with E-state index in [0.717, 1.165) is 11.0 Å². The van der Waals surface area contributed by atoms with Gasteiger partial charge < -0.3 is 9.80 Å². The van der Waals surface area contributed by atoms with Crippen molar-refractivity contribution in [3.05, 3.63) is 18.0 Å². The molecule has 0 N–H and O–H groups in total. The molecule has 2 amide bonds. The van der Waals surface area contributed by atoms with Gasteiger partial charge in [0, 0.05) is 50.1 Å². The second-order valence-corrected chi connectivity index (χ2v) is 10.6. The van der Waals surface area contributed by atoms with Crippen LogP contribution in [0.2, 0.25) is 0 Å². The molecular weight excluding hydrogens is 498 g/mol. The van der Waals surface area contributed by atoms with Crippen LogP contribution in [0.3, 0.4) is 0 Å². The number of aromatic nitrogens is 7. The van der Waals surface area contributed by atoms with Gasteiger partial charge in [0.1, 0.15) is 12.9 Å².